The second kappa shape index (κ2) is 8.59. The molecule has 3 aromatic rings. The quantitative estimate of drug-likeness (QED) is 0.284. The fourth-order valence-corrected chi connectivity index (χ4v) is 6.98. The minimum absolute atomic E-state index is 0.201. The molecule has 2 unspecified atom stereocenters. The standard InChI is InChI=1S/C34H34B2N2O4/c1-31(2)32(3,4)40-35(39-31)25-15-23-24(16-26(25)36-41-33(5,6)34(7,8)42-36)30-22-14-10-11-19(17-37)27(22)29(23)21-13-9-12-20(18-38)28(21)30/h9-16,29-30H,1-8H3. The van der Waals surface area contributed by atoms with E-state index in [0.717, 1.165) is 44.3 Å². The second-order valence-corrected chi connectivity index (χ2v) is 14.0. The predicted molar refractivity (Wildman–Crippen MR) is 162 cm³/mol. The minimum atomic E-state index is -0.634. The zero-order valence-corrected chi connectivity index (χ0v) is 25.5. The van der Waals surface area contributed by atoms with Crippen LogP contribution in [0, 0.1) is 22.7 Å². The second-order valence-electron chi connectivity index (χ2n) is 14.0. The molecular weight excluding hydrogens is 522 g/mol. The van der Waals surface area contributed by atoms with E-state index in [-0.39, 0.29) is 11.8 Å². The molecule has 2 saturated heterocycles. The number of nitriles is 2. The van der Waals surface area contributed by atoms with Gasteiger partial charge in [0.15, 0.2) is 0 Å². The fraction of sp³-hybridized carbons (Fsp3) is 0.412. The van der Waals surface area contributed by atoms with E-state index in [0.29, 0.717) is 11.1 Å². The first kappa shape index (κ1) is 27.4. The molecule has 3 aliphatic carbocycles. The summed E-state index contributed by atoms with van der Waals surface area (Å²) in [7, 11) is -1.27. The van der Waals surface area contributed by atoms with E-state index >= 15 is 0 Å². The van der Waals surface area contributed by atoms with Crippen LogP contribution >= 0.6 is 0 Å². The van der Waals surface area contributed by atoms with Gasteiger partial charge in [-0.25, -0.2) is 0 Å². The van der Waals surface area contributed by atoms with Crippen molar-refractivity contribution >= 4 is 25.2 Å². The highest BCUT2D eigenvalue weighted by Gasteiger charge is 2.57. The largest absolute Gasteiger partial charge is 0.494 e. The zero-order chi connectivity index (χ0) is 30.0. The van der Waals surface area contributed by atoms with Crippen LogP contribution in [0.3, 0.4) is 0 Å². The van der Waals surface area contributed by atoms with Gasteiger partial charge in [-0.05, 0) is 112 Å². The van der Waals surface area contributed by atoms with Gasteiger partial charge in [0.05, 0.1) is 45.7 Å². The Morgan fingerprint density at radius 2 is 0.881 bits per heavy atom. The van der Waals surface area contributed by atoms with Crippen LogP contribution in [0.1, 0.15) is 112 Å². The Balaban J connectivity index is 1.51. The van der Waals surface area contributed by atoms with Crippen molar-refractivity contribution in [3.63, 3.8) is 0 Å². The van der Waals surface area contributed by atoms with Gasteiger partial charge in [0.2, 0.25) is 0 Å². The average molecular weight is 556 g/mol. The van der Waals surface area contributed by atoms with Crippen LogP contribution < -0.4 is 10.9 Å². The summed E-state index contributed by atoms with van der Waals surface area (Å²) in [5, 5.41) is 20.3. The molecule has 5 aliphatic rings. The predicted octanol–water partition coefficient (Wildman–Crippen LogP) is 5.02. The topological polar surface area (TPSA) is 84.5 Å². The van der Waals surface area contributed by atoms with Crippen molar-refractivity contribution < 1.29 is 18.6 Å². The van der Waals surface area contributed by atoms with Crippen molar-refractivity contribution in [2.75, 3.05) is 0 Å². The van der Waals surface area contributed by atoms with E-state index in [1.54, 1.807) is 0 Å². The van der Waals surface area contributed by atoms with Crippen LogP contribution in [0.15, 0.2) is 48.5 Å². The molecule has 0 spiro atoms. The van der Waals surface area contributed by atoms with Crippen LogP contribution in [0.5, 0.6) is 0 Å². The lowest BCUT2D eigenvalue weighted by molar-refractivity contribution is 0.00578. The van der Waals surface area contributed by atoms with Crippen molar-refractivity contribution in [3.8, 4) is 12.1 Å². The van der Waals surface area contributed by atoms with Gasteiger partial charge in [0.25, 0.3) is 0 Å². The molecule has 0 radical (unpaired) electrons. The minimum Gasteiger partial charge on any atom is -0.399 e. The van der Waals surface area contributed by atoms with Crippen molar-refractivity contribution in [2.45, 2.75) is 89.6 Å². The van der Waals surface area contributed by atoms with Crippen LogP contribution in [-0.4, -0.2) is 36.6 Å². The molecule has 2 bridgehead atoms. The molecule has 0 aromatic heterocycles. The average Bonchev–Trinajstić information content (AvgIpc) is 3.30. The SMILES string of the molecule is CC1(C)OB(c2cc3c(cc2B2OC(C)(C)C(C)(C)O2)C2c4cccc(C#N)c4C3c3cccc(C#N)c32)OC1(C)C. The Bertz CT molecular complexity index is 1600. The summed E-state index contributed by atoms with van der Waals surface area (Å²) in [5.41, 5.74) is 7.31. The fourth-order valence-electron chi connectivity index (χ4n) is 6.98. The van der Waals surface area contributed by atoms with Crippen molar-refractivity contribution in [3.05, 3.63) is 93.0 Å². The summed E-state index contributed by atoms with van der Waals surface area (Å²) in [6.07, 6.45) is 0. The smallest absolute Gasteiger partial charge is 0.399 e. The zero-order valence-electron chi connectivity index (χ0n) is 25.5. The van der Waals surface area contributed by atoms with Gasteiger partial charge in [-0.2, -0.15) is 10.5 Å². The van der Waals surface area contributed by atoms with Gasteiger partial charge in [0.1, 0.15) is 0 Å². The monoisotopic (exact) mass is 556 g/mol. The summed E-state index contributed by atoms with van der Waals surface area (Å²) in [5.74, 6) is -0.402. The highest BCUT2D eigenvalue weighted by molar-refractivity contribution is 6.74. The summed E-state index contributed by atoms with van der Waals surface area (Å²) >= 11 is 0. The molecule has 2 aliphatic heterocycles. The van der Waals surface area contributed by atoms with E-state index in [1.807, 2.05) is 24.3 Å². The maximum atomic E-state index is 10.2. The van der Waals surface area contributed by atoms with Gasteiger partial charge in [0, 0.05) is 11.8 Å². The molecule has 2 fully saturated rings. The van der Waals surface area contributed by atoms with E-state index in [4.69, 9.17) is 18.6 Å². The Morgan fingerprint density at radius 3 is 1.19 bits per heavy atom. The first-order valence-electron chi connectivity index (χ1n) is 14.7. The Kier molecular flexibility index (Phi) is 5.61. The molecule has 6 nitrogen and oxygen atoms in total. The Labute approximate surface area is 248 Å². The molecule has 0 N–H and O–H groups in total. The third-order valence-electron chi connectivity index (χ3n) is 10.6. The molecule has 8 rings (SSSR count). The molecule has 3 aromatic carbocycles. The highest BCUT2D eigenvalue weighted by atomic mass is 16.7. The third-order valence-corrected chi connectivity index (χ3v) is 10.6. The van der Waals surface area contributed by atoms with Gasteiger partial charge >= 0.3 is 14.2 Å². The first-order valence-corrected chi connectivity index (χ1v) is 14.7. The Hall–Kier alpha value is -3.39. The van der Waals surface area contributed by atoms with Crippen molar-refractivity contribution in [1.82, 2.24) is 0 Å². The van der Waals surface area contributed by atoms with Crippen LogP contribution in [0.2, 0.25) is 0 Å². The van der Waals surface area contributed by atoms with Gasteiger partial charge in [-0.1, -0.05) is 36.4 Å². The maximum absolute atomic E-state index is 10.2. The van der Waals surface area contributed by atoms with Crippen LogP contribution in [0.4, 0.5) is 0 Å². The highest BCUT2D eigenvalue weighted by Crippen LogP contribution is 2.57. The number of nitrogens with zero attached hydrogens (tertiary/aromatic N) is 2. The lowest BCUT2D eigenvalue weighted by Gasteiger charge is -2.43. The summed E-state index contributed by atoms with van der Waals surface area (Å²) in [4.78, 5) is 0. The van der Waals surface area contributed by atoms with Gasteiger partial charge in [-0.3, -0.25) is 0 Å². The molecule has 0 saturated carbocycles. The molecule has 42 heavy (non-hydrogen) atoms. The molecule has 8 heteroatoms. The Morgan fingerprint density at radius 1 is 0.548 bits per heavy atom. The van der Waals surface area contributed by atoms with Crippen molar-refractivity contribution in [2.24, 2.45) is 0 Å². The van der Waals surface area contributed by atoms with E-state index in [9.17, 15) is 10.5 Å². The molecule has 2 heterocycles. The van der Waals surface area contributed by atoms with Crippen LogP contribution in [-0.2, 0) is 18.6 Å². The van der Waals surface area contributed by atoms with E-state index in [1.165, 1.54) is 0 Å². The number of benzene rings is 3. The molecule has 210 valence electrons. The molecular formula is C34H34B2N2O4. The van der Waals surface area contributed by atoms with E-state index < -0.39 is 36.6 Å². The lowest BCUT2D eigenvalue weighted by atomic mass is 9.55. The van der Waals surface area contributed by atoms with Crippen molar-refractivity contribution in [1.29, 1.82) is 10.5 Å². The van der Waals surface area contributed by atoms with Gasteiger partial charge < -0.3 is 18.6 Å². The number of hydrogen-bond donors (Lipinski definition) is 0. The normalized spacial score (nSPS) is 24.9. The summed E-state index contributed by atoms with van der Waals surface area (Å²) in [6.45, 7) is 16.4. The lowest BCUT2D eigenvalue weighted by Crippen LogP contribution is -2.53. The number of hydrogen-bond acceptors (Lipinski definition) is 6. The maximum Gasteiger partial charge on any atom is 0.494 e. The number of rotatable bonds is 2. The first-order chi connectivity index (χ1) is 19.7. The summed E-state index contributed by atoms with van der Waals surface area (Å²) < 4.78 is 26.5. The van der Waals surface area contributed by atoms with Crippen LogP contribution in [0.25, 0.3) is 0 Å². The van der Waals surface area contributed by atoms with E-state index in [2.05, 4.69) is 91.8 Å². The molecule has 0 amide bonds. The molecule has 2 atom stereocenters. The third kappa shape index (κ3) is 3.53. The van der Waals surface area contributed by atoms with Gasteiger partial charge in [-0.15, -0.1) is 0 Å². The summed E-state index contributed by atoms with van der Waals surface area (Å²) in [6, 6.07) is 21.1.